The van der Waals surface area contributed by atoms with Crippen LogP contribution >= 0.6 is 11.3 Å². The van der Waals surface area contributed by atoms with E-state index in [1.807, 2.05) is 49.4 Å². The molecule has 0 unspecified atom stereocenters. The second-order valence-electron chi connectivity index (χ2n) is 10.5. The van der Waals surface area contributed by atoms with Crippen molar-refractivity contribution in [3.8, 4) is 17.0 Å². The highest BCUT2D eigenvalue weighted by molar-refractivity contribution is 7.89. The zero-order valence-electron chi connectivity index (χ0n) is 24.3. The van der Waals surface area contributed by atoms with E-state index in [2.05, 4.69) is 34.2 Å². The molecule has 4 aromatic rings. The van der Waals surface area contributed by atoms with Gasteiger partial charge >= 0.3 is 0 Å². The summed E-state index contributed by atoms with van der Waals surface area (Å²) in [6.07, 6.45) is 3.59. The minimum Gasteiger partial charge on any atom is -0.494 e. The van der Waals surface area contributed by atoms with Gasteiger partial charge in [-0.15, -0.1) is 11.3 Å². The molecule has 0 bridgehead atoms. The molecule has 5 rings (SSSR count). The summed E-state index contributed by atoms with van der Waals surface area (Å²) in [5, 5.41) is 2.08. The minimum absolute atomic E-state index is 0.341. The molecule has 7 nitrogen and oxygen atoms in total. The molecule has 1 saturated heterocycles. The van der Waals surface area contributed by atoms with E-state index >= 15 is 0 Å². The predicted molar refractivity (Wildman–Crippen MR) is 169 cm³/mol. The van der Waals surface area contributed by atoms with E-state index in [0.717, 1.165) is 59.7 Å². The Bertz CT molecular complexity index is 1590. The molecule has 0 atom stereocenters. The number of aromatic nitrogens is 1. The first kappa shape index (κ1) is 30.2. The minimum atomic E-state index is -3.54. The van der Waals surface area contributed by atoms with E-state index in [1.54, 1.807) is 34.9 Å². The fourth-order valence-electron chi connectivity index (χ4n) is 5.37. The van der Waals surface area contributed by atoms with Crippen molar-refractivity contribution in [3.63, 3.8) is 0 Å². The maximum atomic E-state index is 13.5. The molecule has 1 fully saturated rings. The molecular formula is C33H39N3O4S2. The van der Waals surface area contributed by atoms with Gasteiger partial charge in [0.05, 0.1) is 22.9 Å². The number of sulfonamides is 1. The Kier molecular flexibility index (Phi) is 10.3. The number of nitrogens with zero attached hydrogens (tertiary/aromatic N) is 3. The standard InChI is InChI=1S/C33H39N3O4S2/c1-3-40-30-14-12-29(13-15-30)34-33-36(20-7-23-39-2)32(25-41-33)28-10-16-31(17-11-28)42(37,38)35-21-18-27(19-22-35)24-26-8-5-4-6-9-26/h4-6,8-17,25,27H,3,7,18-24H2,1-2H3. The Hall–Kier alpha value is -3.24. The molecule has 0 aliphatic carbocycles. The summed E-state index contributed by atoms with van der Waals surface area (Å²) in [7, 11) is -1.84. The van der Waals surface area contributed by atoms with Gasteiger partial charge in [-0.25, -0.2) is 13.4 Å². The van der Waals surface area contributed by atoms with Crippen LogP contribution in [0.2, 0.25) is 0 Å². The second-order valence-corrected chi connectivity index (χ2v) is 13.3. The van der Waals surface area contributed by atoms with E-state index in [1.165, 1.54) is 5.56 Å². The smallest absolute Gasteiger partial charge is 0.243 e. The van der Waals surface area contributed by atoms with Gasteiger partial charge in [-0.2, -0.15) is 4.31 Å². The molecular weight excluding hydrogens is 567 g/mol. The number of benzene rings is 3. The van der Waals surface area contributed by atoms with Gasteiger partial charge in [-0.1, -0.05) is 42.5 Å². The summed E-state index contributed by atoms with van der Waals surface area (Å²) in [4.78, 5) is 6.12. The molecule has 1 aromatic heterocycles. The number of hydrogen-bond donors (Lipinski definition) is 0. The maximum absolute atomic E-state index is 13.5. The molecule has 0 amide bonds. The molecule has 222 valence electrons. The molecule has 9 heteroatoms. The number of thiazole rings is 1. The van der Waals surface area contributed by atoms with Crippen LogP contribution in [-0.2, 0) is 27.7 Å². The van der Waals surface area contributed by atoms with Crippen molar-refractivity contribution >= 4 is 27.0 Å². The van der Waals surface area contributed by atoms with Crippen molar-refractivity contribution in [3.05, 3.63) is 94.6 Å². The quantitative estimate of drug-likeness (QED) is 0.172. The summed E-state index contributed by atoms with van der Waals surface area (Å²) < 4.78 is 41.7. The van der Waals surface area contributed by atoms with Crippen LogP contribution < -0.4 is 9.54 Å². The van der Waals surface area contributed by atoms with Crippen LogP contribution in [0.1, 0.15) is 31.7 Å². The lowest BCUT2D eigenvalue weighted by atomic mass is 9.91. The Morgan fingerprint density at radius 3 is 2.33 bits per heavy atom. The lowest BCUT2D eigenvalue weighted by molar-refractivity contribution is 0.190. The van der Waals surface area contributed by atoms with Crippen LogP contribution in [0.25, 0.3) is 11.3 Å². The Balaban J connectivity index is 1.32. The van der Waals surface area contributed by atoms with Gasteiger partial charge in [-0.05, 0) is 86.1 Å². The number of rotatable bonds is 12. The van der Waals surface area contributed by atoms with E-state index in [-0.39, 0.29) is 0 Å². The van der Waals surface area contributed by atoms with Gasteiger partial charge in [0.25, 0.3) is 0 Å². The molecule has 42 heavy (non-hydrogen) atoms. The van der Waals surface area contributed by atoms with Crippen LogP contribution in [0.3, 0.4) is 0 Å². The van der Waals surface area contributed by atoms with Gasteiger partial charge in [0.1, 0.15) is 5.75 Å². The highest BCUT2D eigenvalue weighted by Crippen LogP contribution is 2.28. The number of methoxy groups -OCH3 is 1. The average Bonchev–Trinajstić information content (AvgIpc) is 3.41. The lowest BCUT2D eigenvalue weighted by Gasteiger charge is -2.31. The summed E-state index contributed by atoms with van der Waals surface area (Å²) in [5.74, 6) is 1.33. The SMILES string of the molecule is CCOc1ccc(N=c2scc(-c3ccc(S(=O)(=O)N4CCC(Cc5ccccc5)CC4)cc3)n2CCCOC)cc1. The van der Waals surface area contributed by atoms with E-state index in [9.17, 15) is 8.42 Å². The second kappa shape index (κ2) is 14.3. The van der Waals surface area contributed by atoms with Crippen LogP contribution in [-0.4, -0.2) is 50.7 Å². The van der Waals surface area contributed by atoms with Crippen LogP contribution in [0.15, 0.2) is 94.1 Å². The van der Waals surface area contributed by atoms with Crippen molar-refractivity contribution in [2.75, 3.05) is 33.4 Å². The van der Waals surface area contributed by atoms with E-state index in [0.29, 0.717) is 37.1 Å². The average molecular weight is 606 g/mol. The molecule has 1 aliphatic heterocycles. The molecule has 0 N–H and O–H groups in total. The van der Waals surface area contributed by atoms with Crippen LogP contribution in [0.5, 0.6) is 5.75 Å². The highest BCUT2D eigenvalue weighted by atomic mass is 32.2. The van der Waals surface area contributed by atoms with Gasteiger partial charge < -0.3 is 14.0 Å². The zero-order valence-corrected chi connectivity index (χ0v) is 25.9. The Morgan fingerprint density at radius 2 is 1.67 bits per heavy atom. The van der Waals surface area contributed by atoms with Gasteiger partial charge in [0.2, 0.25) is 10.0 Å². The third-order valence-electron chi connectivity index (χ3n) is 7.63. The third kappa shape index (κ3) is 7.39. The van der Waals surface area contributed by atoms with E-state index < -0.39 is 10.0 Å². The summed E-state index contributed by atoms with van der Waals surface area (Å²) in [6, 6.07) is 25.5. The van der Waals surface area contributed by atoms with Crippen LogP contribution in [0, 0.1) is 5.92 Å². The molecule has 0 saturated carbocycles. The van der Waals surface area contributed by atoms with Gasteiger partial charge in [0.15, 0.2) is 4.80 Å². The summed E-state index contributed by atoms with van der Waals surface area (Å²) >= 11 is 1.57. The molecule has 0 spiro atoms. The molecule has 2 heterocycles. The Morgan fingerprint density at radius 1 is 0.952 bits per heavy atom. The van der Waals surface area contributed by atoms with Gasteiger partial charge in [0, 0.05) is 38.7 Å². The van der Waals surface area contributed by atoms with Crippen molar-refractivity contribution in [2.24, 2.45) is 10.9 Å². The molecule has 0 radical (unpaired) electrons. The third-order valence-corrected chi connectivity index (χ3v) is 10.4. The first-order valence-electron chi connectivity index (χ1n) is 14.6. The lowest BCUT2D eigenvalue weighted by Crippen LogP contribution is -2.38. The predicted octanol–water partition coefficient (Wildman–Crippen LogP) is 6.53. The van der Waals surface area contributed by atoms with Crippen molar-refractivity contribution in [1.29, 1.82) is 0 Å². The van der Waals surface area contributed by atoms with Crippen molar-refractivity contribution in [1.82, 2.24) is 8.87 Å². The first-order chi connectivity index (χ1) is 20.5. The van der Waals surface area contributed by atoms with Gasteiger partial charge in [-0.3, -0.25) is 0 Å². The summed E-state index contributed by atoms with van der Waals surface area (Å²) in [5.41, 5.74) is 4.13. The fraction of sp³-hybridized carbons (Fsp3) is 0.364. The monoisotopic (exact) mass is 605 g/mol. The molecule has 1 aliphatic rings. The van der Waals surface area contributed by atoms with E-state index in [4.69, 9.17) is 14.5 Å². The Labute approximate surface area is 253 Å². The first-order valence-corrected chi connectivity index (χ1v) is 16.9. The maximum Gasteiger partial charge on any atom is 0.243 e. The van der Waals surface area contributed by atoms with Crippen molar-refractivity contribution < 1.29 is 17.9 Å². The zero-order chi connectivity index (χ0) is 29.4. The largest absolute Gasteiger partial charge is 0.494 e. The molecule has 3 aromatic carbocycles. The number of ether oxygens (including phenoxy) is 2. The highest BCUT2D eigenvalue weighted by Gasteiger charge is 2.29. The normalized spacial score (nSPS) is 15.2. The van der Waals surface area contributed by atoms with Crippen molar-refractivity contribution in [2.45, 2.75) is 44.0 Å². The number of piperidine rings is 1. The topological polar surface area (TPSA) is 73.1 Å². The summed E-state index contributed by atoms with van der Waals surface area (Å²) in [6.45, 7) is 5.08. The number of hydrogen-bond acceptors (Lipinski definition) is 6. The fourth-order valence-corrected chi connectivity index (χ4v) is 7.80. The van der Waals surface area contributed by atoms with Crippen LogP contribution in [0.4, 0.5) is 5.69 Å².